The van der Waals surface area contributed by atoms with Crippen LogP contribution in [0.4, 0.5) is 5.69 Å². The molecule has 282 valence electrons. The highest BCUT2D eigenvalue weighted by atomic mass is 16.6. The molecule has 4 aromatic rings. The lowest BCUT2D eigenvalue weighted by molar-refractivity contribution is -0.125. The first-order valence-corrected chi connectivity index (χ1v) is 17.9. The van der Waals surface area contributed by atoms with Gasteiger partial charge in [0.05, 0.1) is 65.1 Å². The fourth-order valence-electron chi connectivity index (χ4n) is 5.30. The minimum Gasteiger partial charge on any atom is -0.379 e. The van der Waals surface area contributed by atoms with Crippen LogP contribution in [0.3, 0.4) is 0 Å². The van der Waals surface area contributed by atoms with E-state index in [9.17, 15) is 14.4 Å². The molecule has 0 saturated carbocycles. The number of rotatable bonds is 21. The van der Waals surface area contributed by atoms with E-state index in [1.165, 1.54) is 0 Å². The highest BCUT2D eigenvalue weighted by Crippen LogP contribution is 2.26. The molecule has 0 spiro atoms. The normalized spacial score (nSPS) is 11.7. The molecule has 0 atom stereocenters. The molecule has 2 heterocycles. The van der Waals surface area contributed by atoms with E-state index in [1.54, 1.807) is 11.8 Å². The number of aromatic nitrogens is 4. The molecule has 2 N–H and O–H groups in total. The highest BCUT2D eigenvalue weighted by Gasteiger charge is 2.21. The Hall–Kier alpha value is -5.59. The average molecular weight is 736 g/mol. The summed E-state index contributed by atoms with van der Waals surface area (Å²) in [4.78, 5) is 39.6. The molecule has 14 heteroatoms. The quantitative estimate of drug-likeness (QED) is 0.0954. The fraction of sp³-hybridized carbons (Fsp3) is 0.375. The second-order valence-corrected chi connectivity index (χ2v) is 12.2. The fourth-order valence-corrected chi connectivity index (χ4v) is 5.30. The summed E-state index contributed by atoms with van der Waals surface area (Å²) in [5.41, 5.74) is 5.13. The monoisotopic (exact) mass is 735 g/mol. The number of carbonyl (C=O) groups is 3. The van der Waals surface area contributed by atoms with Crippen LogP contribution >= 0.6 is 0 Å². The summed E-state index contributed by atoms with van der Waals surface area (Å²) in [5.74, 6) is 6.90. The predicted molar refractivity (Wildman–Crippen MR) is 200 cm³/mol. The molecule has 1 aromatic heterocycles. The molecule has 0 aliphatic carbocycles. The number of nitrogens with one attached hydrogen (secondary N) is 2. The Balaban J connectivity index is 0.817. The zero-order valence-electron chi connectivity index (χ0n) is 30.4. The van der Waals surface area contributed by atoms with E-state index < -0.39 is 0 Å². The van der Waals surface area contributed by atoms with Gasteiger partial charge in [-0.15, -0.1) is 20.4 Å². The third-order valence-corrected chi connectivity index (χ3v) is 8.18. The SMILES string of the molecule is Cc1nnc(-c2ccc(CNC(=O)CCOCCOCCOCCOCCNC(=O)CCC(=O)N3Cc4ccccc4C#Cc4ccccc43)cc2)nn1. The summed E-state index contributed by atoms with van der Waals surface area (Å²) in [6.45, 7) is 5.83. The van der Waals surface area contributed by atoms with Crippen molar-refractivity contribution in [2.45, 2.75) is 39.3 Å². The van der Waals surface area contributed by atoms with Gasteiger partial charge in [-0.25, -0.2) is 0 Å². The molecule has 0 unspecified atom stereocenters. The molecule has 1 aliphatic rings. The van der Waals surface area contributed by atoms with E-state index in [0.29, 0.717) is 84.1 Å². The number of amides is 3. The molecule has 5 rings (SSSR count). The summed E-state index contributed by atoms with van der Waals surface area (Å²) in [5, 5.41) is 21.6. The molecule has 1 aliphatic heterocycles. The van der Waals surface area contributed by atoms with Gasteiger partial charge in [0.25, 0.3) is 0 Å². The van der Waals surface area contributed by atoms with Crippen LogP contribution in [0.2, 0.25) is 0 Å². The highest BCUT2D eigenvalue weighted by molar-refractivity contribution is 5.96. The summed E-state index contributed by atoms with van der Waals surface area (Å²) in [6, 6.07) is 22.9. The Morgan fingerprint density at radius 1 is 0.648 bits per heavy atom. The van der Waals surface area contributed by atoms with Gasteiger partial charge in [0.15, 0.2) is 5.82 Å². The molecular formula is C40H45N7O7. The lowest BCUT2D eigenvalue weighted by Crippen LogP contribution is -2.34. The molecule has 14 nitrogen and oxygen atoms in total. The molecule has 54 heavy (non-hydrogen) atoms. The van der Waals surface area contributed by atoms with Crippen molar-refractivity contribution in [3.63, 3.8) is 0 Å². The van der Waals surface area contributed by atoms with Gasteiger partial charge in [-0.2, -0.15) is 0 Å². The topological polar surface area (TPSA) is 167 Å². The Bertz CT molecular complexity index is 1880. The van der Waals surface area contributed by atoms with E-state index in [0.717, 1.165) is 33.5 Å². The van der Waals surface area contributed by atoms with Crippen LogP contribution < -0.4 is 15.5 Å². The van der Waals surface area contributed by atoms with Crippen molar-refractivity contribution in [3.8, 4) is 23.2 Å². The van der Waals surface area contributed by atoms with Crippen molar-refractivity contribution < 1.29 is 33.3 Å². The molecule has 3 aromatic carbocycles. The molecular weight excluding hydrogens is 690 g/mol. The van der Waals surface area contributed by atoms with Crippen LogP contribution in [-0.4, -0.2) is 97.5 Å². The van der Waals surface area contributed by atoms with Crippen molar-refractivity contribution in [1.29, 1.82) is 0 Å². The third-order valence-electron chi connectivity index (χ3n) is 8.18. The smallest absolute Gasteiger partial charge is 0.227 e. The summed E-state index contributed by atoms with van der Waals surface area (Å²) < 4.78 is 22.0. The maximum absolute atomic E-state index is 13.3. The molecule has 0 saturated heterocycles. The number of ether oxygens (including phenoxy) is 4. The van der Waals surface area contributed by atoms with Crippen molar-refractivity contribution >= 4 is 23.4 Å². The minimum atomic E-state index is -0.211. The first-order chi connectivity index (χ1) is 26.5. The van der Waals surface area contributed by atoms with Crippen LogP contribution in [0, 0.1) is 18.8 Å². The lowest BCUT2D eigenvalue weighted by Gasteiger charge is -2.26. The zero-order valence-corrected chi connectivity index (χ0v) is 30.4. The zero-order chi connectivity index (χ0) is 37.8. The number of carbonyl (C=O) groups excluding carboxylic acids is 3. The summed E-state index contributed by atoms with van der Waals surface area (Å²) >= 11 is 0. The van der Waals surface area contributed by atoms with Crippen molar-refractivity contribution in [3.05, 3.63) is 101 Å². The van der Waals surface area contributed by atoms with Gasteiger partial charge in [0, 0.05) is 49.0 Å². The standard InChI is InChI=1S/C40H45N7O7/c1-30-43-45-40(46-44-30)34-12-10-31(11-13-34)28-42-38(49)18-20-51-22-24-53-26-27-54-25-23-52-21-19-41-37(48)16-17-39(50)47-29-35-8-3-2-6-32(35)14-15-33-7-4-5-9-36(33)47/h2-13H,16-29H2,1H3,(H,41,48)(H,42,49). The number of hydrogen-bond acceptors (Lipinski definition) is 11. The number of anilines is 1. The Morgan fingerprint density at radius 3 is 1.96 bits per heavy atom. The van der Waals surface area contributed by atoms with E-state index in [1.807, 2.05) is 72.8 Å². The maximum Gasteiger partial charge on any atom is 0.227 e. The first kappa shape index (κ1) is 39.6. The van der Waals surface area contributed by atoms with Crippen LogP contribution in [0.1, 0.15) is 47.3 Å². The number of benzene rings is 3. The molecule has 0 fully saturated rings. The average Bonchev–Trinajstić information content (AvgIpc) is 3.19. The van der Waals surface area contributed by atoms with Crippen LogP contribution in [0.5, 0.6) is 0 Å². The molecule has 0 bridgehead atoms. The number of para-hydroxylation sites is 1. The Morgan fingerprint density at radius 2 is 1.24 bits per heavy atom. The first-order valence-electron chi connectivity index (χ1n) is 17.9. The number of fused-ring (bicyclic) bond motifs is 2. The van der Waals surface area contributed by atoms with Gasteiger partial charge in [-0.1, -0.05) is 66.4 Å². The number of nitrogens with zero attached hydrogens (tertiary/aromatic N) is 5. The lowest BCUT2D eigenvalue weighted by atomic mass is 10.0. The van der Waals surface area contributed by atoms with Gasteiger partial charge in [0.2, 0.25) is 23.5 Å². The van der Waals surface area contributed by atoms with Gasteiger partial charge >= 0.3 is 0 Å². The largest absolute Gasteiger partial charge is 0.379 e. The maximum atomic E-state index is 13.3. The summed E-state index contributed by atoms with van der Waals surface area (Å²) in [6.07, 6.45) is 0.407. The number of aryl methyl sites for hydroxylation is 1. The van der Waals surface area contributed by atoms with Gasteiger partial charge < -0.3 is 34.5 Å². The van der Waals surface area contributed by atoms with Gasteiger partial charge in [0.1, 0.15) is 0 Å². The van der Waals surface area contributed by atoms with E-state index in [-0.39, 0.29) is 37.0 Å². The second kappa shape index (κ2) is 21.8. The van der Waals surface area contributed by atoms with E-state index in [2.05, 4.69) is 42.9 Å². The number of hydrogen-bond donors (Lipinski definition) is 2. The van der Waals surface area contributed by atoms with E-state index in [4.69, 9.17) is 18.9 Å². The Labute approximate surface area is 315 Å². The van der Waals surface area contributed by atoms with Crippen LogP contribution in [0.25, 0.3) is 11.4 Å². The third kappa shape index (κ3) is 13.1. The summed E-state index contributed by atoms with van der Waals surface area (Å²) in [7, 11) is 0. The Kier molecular flexibility index (Phi) is 16.0. The van der Waals surface area contributed by atoms with Crippen molar-refractivity contribution in [2.75, 3.05) is 64.3 Å². The van der Waals surface area contributed by atoms with Gasteiger partial charge in [-0.3, -0.25) is 14.4 Å². The van der Waals surface area contributed by atoms with Crippen molar-refractivity contribution in [2.24, 2.45) is 0 Å². The van der Waals surface area contributed by atoms with Crippen molar-refractivity contribution in [1.82, 2.24) is 31.0 Å². The molecule has 3 amide bonds. The van der Waals surface area contributed by atoms with Crippen LogP contribution in [-0.2, 0) is 46.4 Å². The minimum absolute atomic E-state index is 0.0773. The van der Waals surface area contributed by atoms with Gasteiger partial charge in [-0.05, 0) is 36.2 Å². The molecule has 0 radical (unpaired) electrons. The van der Waals surface area contributed by atoms with Crippen LogP contribution in [0.15, 0.2) is 72.8 Å². The second-order valence-electron chi connectivity index (χ2n) is 12.2. The predicted octanol–water partition coefficient (Wildman–Crippen LogP) is 3.16. The van der Waals surface area contributed by atoms with E-state index >= 15 is 0 Å².